The molecule has 0 bridgehead atoms. The summed E-state index contributed by atoms with van der Waals surface area (Å²) in [4.78, 5) is 16.9. The molecule has 0 radical (unpaired) electrons. The highest BCUT2D eigenvalue weighted by Crippen LogP contribution is 2.16. The van der Waals surface area contributed by atoms with Crippen molar-refractivity contribution in [3.63, 3.8) is 0 Å². The van der Waals surface area contributed by atoms with Crippen LogP contribution >= 0.6 is 0 Å². The molecule has 1 aromatic rings. The molecular formula is C19H29N3O3S. The van der Waals surface area contributed by atoms with Gasteiger partial charge in [0.2, 0.25) is 10.0 Å². The first-order valence-corrected chi connectivity index (χ1v) is 11.2. The van der Waals surface area contributed by atoms with E-state index in [9.17, 15) is 13.2 Å². The molecule has 1 amide bonds. The van der Waals surface area contributed by atoms with Crippen LogP contribution in [0.1, 0.15) is 42.1 Å². The number of nitrogens with zero attached hydrogens (tertiary/aromatic N) is 3. The molecular weight excluding hydrogens is 350 g/mol. The Morgan fingerprint density at radius 2 is 1.69 bits per heavy atom. The number of hydrogen-bond acceptors (Lipinski definition) is 4. The molecule has 0 unspecified atom stereocenters. The number of carbonyl (C=O) groups excluding carboxylic acids is 1. The minimum absolute atomic E-state index is 0.130. The van der Waals surface area contributed by atoms with E-state index in [0.29, 0.717) is 13.1 Å². The van der Waals surface area contributed by atoms with Crippen molar-refractivity contribution in [1.29, 1.82) is 0 Å². The number of likely N-dealkylation sites (tertiary alicyclic amines) is 1. The van der Waals surface area contributed by atoms with Crippen molar-refractivity contribution in [3.8, 4) is 0 Å². The molecule has 6 nitrogen and oxygen atoms in total. The number of sulfonamides is 1. The molecule has 0 spiro atoms. The van der Waals surface area contributed by atoms with E-state index < -0.39 is 10.0 Å². The summed E-state index contributed by atoms with van der Waals surface area (Å²) in [6, 6.07) is 7.88. The van der Waals surface area contributed by atoms with E-state index in [2.05, 4.69) is 4.90 Å². The van der Waals surface area contributed by atoms with Gasteiger partial charge in [0.25, 0.3) is 5.91 Å². The fourth-order valence-corrected chi connectivity index (χ4v) is 4.77. The van der Waals surface area contributed by atoms with Crippen molar-refractivity contribution in [2.75, 3.05) is 45.0 Å². The Kier molecular flexibility index (Phi) is 6.32. The van der Waals surface area contributed by atoms with Crippen LogP contribution in [0, 0.1) is 0 Å². The zero-order chi connectivity index (χ0) is 18.6. The second-order valence-electron chi connectivity index (χ2n) is 7.13. The average molecular weight is 380 g/mol. The van der Waals surface area contributed by atoms with Crippen molar-refractivity contribution < 1.29 is 13.2 Å². The summed E-state index contributed by atoms with van der Waals surface area (Å²) >= 11 is 0. The van der Waals surface area contributed by atoms with Crippen molar-refractivity contribution >= 4 is 15.9 Å². The number of hydrogen-bond donors (Lipinski definition) is 0. The van der Waals surface area contributed by atoms with Crippen molar-refractivity contribution in [2.45, 2.75) is 32.7 Å². The maximum Gasteiger partial charge on any atom is 0.253 e. The third-order valence-electron chi connectivity index (χ3n) is 5.31. The summed E-state index contributed by atoms with van der Waals surface area (Å²) in [7, 11) is -3.09. The zero-order valence-corrected chi connectivity index (χ0v) is 16.4. The van der Waals surface area contributed by atoms with Gasteiger partial charge in [0.05, 0.1) is 5.75 Å². The van der Waals surface area contributed by atoms with Gasteiger partial charge in [-0.05, 0) is 43.9 Å². The molecule has 7 heteroatoms. The molecule has 0 atom stereocenters. The van der Waals surface area contributed by atoms with Crippen LogP contribution < -0.4 is 0 Å². The Labute approximate surface area is 156 Å². The van der Waals surface area contributed by atoms with E-state index in [1.54, 1.807) is 11.2 Å². The minimum atomic E-state index is -3.09. The molecule has 1 aromatic carbocycles. The van der Waals surface area contributed by atoms with Crippen molar-refractivity contribution in [3.05, 3.63) is 35.4 Å². The Morgan fingerprint density at radius 3 is 2.35 bits per heavy atom. The predicted molar refractivity (Wildman–Crippen MR) is 103 cm³/mol. The smallest absolute Gasteiger partial charge is 0.253 e. The number of carbonyl (C=O) groups is 1. The van der Waals surface area contributed by atoms with E-state index in [1.807, 2.05) is 29.2 Å². The fourth-order valence-electron chi connectivity index (χ4n) is 3.69. The first-order chi connectivity index (χ1) is 12.5. The zero-order valence-electron chi connectivity index (χ0n) is 15.6. The van der Waals surface area contributed by atoms with Crippen molar-refractivity contribution in [2.24, 2.45) is 0 Å². The Morgan fingerprint density at radius 1 is 1.00 bits per heavy atom. The molecule has 2 heterocycles. The summed E-state index contributed by atoms with van der Waals surface area (Å²) in [5.41, 5.74) is 1.87. The molecule has 0 aromatic heterocycles. The number of piperidine rings is 1. The second-order valence-corrected chi connectivity index (χ2v) is 9.39. The van der Waals surface area contributed by atoms with E-state index in [4.69, 9.17) is 0 Å². The number of piperazine rings is 1. The minimum Gasteiger partial charge on any atom is -0.339 e. The molecule has 2 aliphatic rings. The normalized spacial score (nSPS) is 20.3. The van der Waals surface area contributed by atoms with Crippen molar-refractivity contribution in [1.82, 2.24) is 14.1 Å². The first kappa shape index (κ1) is 19.3. The van der Waals surface area contributed by atoms with Gasteiger partial charge in [0.1, 0.15) is 0 Å². The van der Waals surface area contributed by atoms with Gasteiger partial charge in [-0.15, -0.1) is 0 Å². The lowest BCUT2D eigenvalue weighted by atomic mass is 10.1. The Bertz CT molecular complexity index is 721. The van der Waals surface area contributed by atoms with Crippen LogP contribution in [-0.4, -0.2) is 73.5 Å². The molecule has 144 valence electrons. The summed E-state index contributed by atoms with van der Waals surface area (Å²) in [5, 5.41) is 0. The van der Waals surface area contributed by atoms with Crippen LogP contribution in [0.3, 0.4) is 0 Å². The highest BCUT2D eigenvalue weighted by atomic mass is 32.2. The van der Waals surface area contributed by atoms with Crippen LogP contribution in [0.4, 0.5) is 0 Å². The average Bonchev–Trinajstić information content (AvgIpc) is 2.69. The summed E-state index contributed by atoms with van der Waals surface area (Å²) < 4.78 is 25.5. The molecule has 26 heavy (non-hydrogen) atoms. The molecule has 2 fully saturated rings. The molecule has 2 saturated heterocycles. The highest BCUT2D eigenvalue weighted by Gasteiger charge is 2.25. The predicted octanol–water partition coefficient (Wildman–Crippen LogP) is 1.78. The van der Waals surface area contributed by atoms with Gasteiger partial charge in [-0.25, -0.2) is 8.42 Å². The van der Waals surface area contributed by atoms with Crippen LogP contribution in [0.15, 0.2) is 24.3 Å². The maximum absolute atomic E-state index is 12.7. The number of rotatable bonds is 5. The summed E-state index contributed by atoms with van der Waals surface area (Å²) in [6.45, 7) is 6.69. The maximum atomic E-state index is 12.7. The summed E-state index contributed by atoms with van der Waals surface area (Å²) in [6.07, 6.45) is 3.40. The van der Waals surface area contributed by atoms with Gasteiger partial charge in [-0.3, -0.25) is 9.69 Å². The van der Waals surface area contributed by atoms with E-state index >= 15 is 0 Å². The molecule has 0 N–H and O–H groups in total. The number of amides is 1. The van der Waals surface area contributed by atoms with Crippen LogP contribution in [0.25, 0.3) is 0 Å². The monoisotopic (exact) mass is 379 g/mol. The largest absolute Gasteiger partial charge is 0.339 e. The van der Waals surface area contributed by atoms with Gasteiger partial charge < -0.3 is 4.90 Å². The SMILES string of the molecule is CCS(=O)(=O)N1CCN(Cc2cccc(C(=O)N3CCCCC3)c2)CC1. The topological polar surface area (TPSA) is 60.9 Å². The Hall–Kier alpha value is -1.44. The van der Waals surface area contributed by atoms with Crippen LogP contribution in [0.2, 0.25) is 0 Å². The first-order valence-electron chi connectivity index (χ1n) is 9.58. The highest BCUT2D eigenvalue weighted by molar-refractivity contribution is 7.89. The molecule has 0 saturated carbocycles. The quantitative estimate of drug-likeness (QED) is 0.782. The lowest BCUT2D eigenvalue weighted by Crippen LogP contribution is -2.48. The molecule has 2 aliphatic heterocycles. The van der Waals surface area contributed by atoms with E-state index in [-0.39, 0.29) is 11.7 Å². The van der Waals surface area contributed by atoms with Crippen LogP contribution in [-0.2, 0) is 16.6 Å². The van der Waals surface area contributed by atoms with Gasteiger partial charge in [-0.1, -0.05) is 12.1 Å². The molecule has 3 rings (SSSR count). The van der Waals surface area contributed by atoms with Gasteiger partial charge in [-0.2, -0.15) is 4.31 Å². The van der Waals surface area contributed by atoms with Gasteiger partial charge >= 0.3 is 0 Å². The molecule has 0 aliphatic carbocycles. The summed E-state index contributed by atoms with van der Waals surface area (Å²) in [5.74, 6) is 0.290. The fraction of sp³-hybridized carbons (Fsp3) is 0.632. The third-order valence-corrected chi connectivity index (χ3v) is 7.19. The van der Waals surface area contributed by atoms with E-state index in [0.717, 1.165) is 56.7 Å². The Balaban J connectivity index is 1.58. The third kappa shape index (κ3) is 4.64. The lowest BCUT2D eigenvalue weighted by molar-refractivity contribution is 0.0724. The van der Waals surface area contributed by atoms with Gasteiger partial charge in [0, 0.05) is 51.4 Å². The van der Waals surface area contributed by atoms with E-state index in [1.165, 1.54) is 6.42 Å². The lowest BCUT2D eigenvalue weighted by Gasteiger charge is -2.33. The second kappa shape index (κ2) is 8.50. The van der Waals surface area contributed by atoms with Gasteiger partial charge in [0.15, 0.2) is 0 Å². The van der Waals surface area contributed by atoms with Crippen LogP contribution in [0.5, 0.6) is 0 Å². The standard InChI is InChI=1S/C19H29N3O3S/c1-2-26(24,25)22-13-11-20(12-14-22)16-17-7-6-8-18(15-17)19(23)21-9-4-3-5-10-21/h6-8,15H,2-5,9-14,16H2,1H3. The number of benzene rings is 1.